The van der Waals surface area contributed by atoms with Crippen LogP contribution in [0, 0.1) is 0 Å². The van der Waals surface area contributed by atoms with Crippen LogP contribution >= 0.6 is 0 Å². The molecule has 0 atom stereocenters. The van der Waals surface area contributed by atoms with E-state index in [4.69, 9.17) is 0 Å². The standard InChI is InChI=1S/C13H16N2O4/c16-6-13(7-17,8-18)15-11-5-9-3-1-2-4-10(9)12(19)14-11/h1-5,16-18H,6-8H2,(H2,14,15,19). The maximum Gasteiger partial charge on any atom is 0.257 e. The van der Waals surface area contributed by atoms with Crippen molar-refractivity contribution < 1.29 is 15.3 Å². The van der Waals surface area contributed by atoms with Gasteiger partial charge in [-0.2, -0.15) is 0 Å². The van der Waals surface area contributed by atoms with Gasteiger partial charge in [-0.15, -0.1) is 0 Å². The lowest BCUT2D eigenvalue weighted by atomic mass is 10.0. The van der Waals surface area contributed by atoms with Gasteiger partial charge >= 0.3 is 0 Å². The molecular weight excluding hydrogens is 248 g/mol. The molecule has 0 amide bonds. The Morgan fingerprint density at radius 3 is 2.37 bits per heavy atom. The molecule has 0 saturated carbocycles. The molecule has 1 aromatic heterocycles. The Balaban J connectivity index is 2.44. The van der Waals surface area contributed by atoms with Crippen LogP contribution in [-0.2, 0) is 0 Å². The predicted octanol–water partition coefficient (Wildman–Crippen LogP) is -0.344. The molecule has 0 radical (unpaired) electrons. The van der Waals surface area contributed by atoms with E-state index in [-0.39, 0.29) is 5.56 Å². The van der Waals surface area contributed by atoms with Crippen LogP contribution in [0.4, 0.5) is 5.82 Å². The average Bonchev–Trinajstić information content (AvgIpc) is 2.45. The van der Waals surface area contributed by atoms with E-state index in [1.165, 1.54) is 0 Å². The second-order valence-corrected chi connectivity index (χ2v) is 4.48. The first-order chi connectivity index (χ1) is 9.14. The summed E-state index contributed by atoms with van der Waals surface area (Å²) in [4.78, 5) is 14.5. The lowest BCUT2D eigenvalue weighted by molar-refractivity contribution is 0.0831. The van der Waals surface area contributed by atoms with E-state index in [0.29, 0.717) is 11.2 Å². The summed E-state index contributed by atoms with van der Waals surface area (Å²) in [5, 5.41) is 31.8. The predicted molar refractivity (Wildman–Crippen MR) is 72.2 cm³/mol. The number of hydrogen-bond donors (Lipinski definition) is 5. The monoisotopic (exact) mass is 264 g/mol. The maximum absolute atomic E-state index is 11.9. The van der Waals surface area contributed by atoms with Crippen molar-refractivity contribution in [2.75, 3.05) is 25.1 Å². The number of nitrogens with one attached hydrogen (secondary N) is 2. The molecule has 0 saturated heterocycles. The molecule has 0 aliphatic rings. The minimum Gasteiger partial charge on any atom is -0.394 e. The van der Waals surface area contributed by atoms with Gasteiger partial charge in [0.15, 0.2) is 0 Å². The third-order valence-corrected chi connectivity index (χ3v) is 3.06. The molecule has 6 heteroatoms. The molecule has 102 valence electrons. The number of H-pyrrole nitrogens is 1. The second kappa shape index (κ2) is 5.40. The summed E-state index contributed by atoms with van der Waals surface area (Å²) in [6.45, 7) is -1.39. The van der Waals surface area contributed by atoms with Gasteiger partial charge in [0.1, 0.15) is 11.4 Å². The number of pyridine rings is 1. The molecule has 0 bridgehead atoms. The Morgan fingerprint density at radius 2 is 1.74 bits per heavy atom. The maximum atomic E-state index is 11.9. The minimum absolute atomic E-state index is 0.275. The molecule has 0 unspecified atom stereocenters. The smallest absolute Gasteiger partial charge is 0.257 e. The second-order valence-electron chi connectivity index (χ2n) is 4.48. The van der Waals surface area contributed by atoms with E-state index in [2.05, 4.69) is 10.3 Å². The van der Waals surface area contributed by atoms with E-state index in [1.54, 1.807) is 24.3 Å². The number of fused-ring (bicyclic) bond motifs is 1. The van der Waals surface area contributed by atoms with Gasteiger partial charge in [0, 0.05) is 5.39 Å². The fraction of sp³-hybridized carbons (Fsp3) is 0.308. The molecule has 5 N–H and O–H groups in total. The molecule has 0 fully saturated rings. The lowest BCUT2D eigenvalue weighted by Gasteiger charge is -2.29. The molecule has 2 rings (SSSR count). The van der Waals surface area contributed by atoms with Crippen LogP contribution < -0.4 is 10.9 Å². The van der Waals surface area contributed by atoms with E-state index in [0.717, 1.165) is 5.39 Å². The van der Waals surface area contributed by atoms with Gasteiger partial charge in [0.05, 0.1) is 19.8 Å². The summed E-state index contributed by atoms with van der Waals surface area (Å²) in [5.74, 6) is 0.334. The van der Waals surface area contributed by atoms with Crippen LogP contribution in [0.3, 0.4) is 0 Å². The molecule has 1 heterocycles. The first-order valence-corrected chi connectivity index (χ1v) is 5.87. The van der Waals surface area contributed by atoms with Crippen LogP contribution in [0.5, 0.6) is 0 Å². The molecule has 0 spiro atoms. The van der Waals surface area contributed by atoms with E-state index in [9.17, 15) is 20.1 Å². The van der Waals surface area contributed by atoms with E-state index >= 15 is 0 Å². The van der Waals surface area contributed by atoms with Gasteiger partial charge in [-0.05, 0) is 17.5 Å². The van der Waals surface area contributed by atoms with Gasteiger partial charge in [0.2, 0.25) is 0 Å². The molecule has 0 aliphatic carbocycles. The van der Waals surface area contributed by atoms with Crippen molar-refractivity contribution in [3.63, 3.8) is 0 Å². The third kappa shape index (κ3) is 2.60. The average molecular weight is 264 g/mol. The topological polar surface area (TPSA) is 106 Å². The number of benzene rings is 1. The zero-order valence-corrected chi connectivity index (χ0v) is 10.3. The van der Waals surface area contributed by atoms with Gasteiger partial charge in [-0.1, -0.05) is 18.2 Å². The molecule has 0 aliphatic heterocycles. The Kier molecular flexibility index (Phi) is 3.84. The molecule has 2 aromatic rings. The highest BCUT2D eigenvalue weighted by Crippen LogP contribution is 2.16. The largest absolute Gasteiger partial charge is 0.394 e. The van der Waals surface area contributed by atoms with Crippen molar-refractivity contribution >= 4 is 16.6 Å². The van der Waals surface area contributed by atoms with Crippen molar-refractivity contribution in [3.8, 4) is 0 Å². The summed E-state index contributed by atoms with van der Waals surface area (Å²) in [6.07, 6.45) is 0. The highest BCUT2D eigenvalue weighted by molar-refractivity contribution is 5.83. The zero-order chi connectivity index (χ0) is 13.9. The van der Waals surface area contributed by atoms with Crippen molar-refractivity contribution in [1.82, 2.24) is 4.98 Å². The van der Waals surface area contributed by atoms with E-state index < -0.39 is 25.4 Å². The van der Waals surface area contributed by atoms with Crippen LogP contribution in [0.25, 0.3) is 10.8 Å². The van der Waals surface area contributed by atoms with E-state index in [1.807, 2.05) is 6.07 Å². The van der Waals surface area contributed by atoms with Crippen molar-refractivity contribution in [2.45, 2.75) is 5.54 Å². The van der Waals surface area contributed by atoms with Crippen LogP contribution in [0.2, 0.25) is 0 Å². The Hall–Kier alpha value is -1.89. The number of aliphatic hydroxyl groups is 3. The van der Waals surface area contributed by atoms with Crippen LogP contribution in [0.1, 0.15) is 0 Å². The normalized spacial score (nSPS) is 11.7. The first-order valence-electron chi connectivity index (χ1n) is 5.87. The summed E-state index contributed by atoms with van der Waals surface area (Å²) in [7, 11) is 0. The Morgan fingerprint density at radius 1 is 1.11 bits per heavy atom. The van der Waals surface area contributed by atoms with Crippen molar-refractivity contribution in [2.24, 2.45) is 0 Å². The Labute approximate surface area is 109 Å². The number of aromatic nitrogens is 1. The quantitative estimate of drug-likeness (QED) is 0.508. The molecule has 19 heavy (non-hydrogen) atoms. The molecule has 1 aromatic carbocycles. The molecular formula is C13H16N2O4. The highest BCUT2D eigenvalue weighted by atomic mass is 16.3. The summed E-state index contributed by atoms with van der Waals surface area (Å²) < 4.78 is 0. The van der Waals surface area contributed by atoms with Gasteiger partial charge in [-0.25, -0.2) is 0 Å². The number of anilines is 1. The fourth-order valence-electron chi connectivity index (χ4n) is 1.83. The summed E-state index contributed by atoms with van der Waals surface area (Å²) >= 11 is 0. The van der Waals surface area contributed by atoms with Crippen LogP contribution in [0.15, 0.2) is 35.1 Å². The van der Waals surface area contributed by atoms with Gasteiger partial charge in [-0.3, -0.25) is 4.79 Å². The fourth-order valence-corrected chi connectivity index (χ4v) is 1.83. The van der Waals surface area contributed by atoms with Crippen molar-refractivity contribution in [3.05, 3.63) is 40.7 Å². The summed E-state index contributed by atoms with van der Waals surface area (Å²) in [6, 6.07) is 8.75. The third-order valence-electron chi connectivity index (χ3n) is 3.06. The number of rotatable bonds is 5. The Bertz CT molecular complexity index is 611. The number of aliphatic hydroxyl groups excluding tert-OH is 3. The van der Waals surface area contributed by atoms with Crippen LogP contribution in [-0.4, -0.2) is 45.7 Å². The van der Waals surface area contributed by atoms with Gasteiger partial charge in [0.25, 0.3) is 5.56 Å². The SMILES string of the molecule is O=c1[nH]c(NC(CO)(CO)CO)cc2ccccc12. The van der Waals surface area contributed by atoms with Gasteiger partial charge < -0.3 is 25.6 Å². The highest BCUT2D eigenvalue weighted by Gasteiger charge is 2.28. The lowest BCUT2D eigenvalue weighted by Crippen LogP contribution is -2.49. The minimum atomic E-state index is -1.27. The zero-order valence-electron chi connectivity index (χ0n) is 10.3. The number of hydrogen-bond acceptors (Lipinski definition) is 5. The molecule has 6 nitrogen and oxygen atoms in total. The summed E-state index contributed by atoms with van der Waals surface area (Å²) in [5.41, 5.74) is -1.55. The number of aromatic amines is 1. The van der Waals surface area contributed by atoms with Crippen molar-refractivity contribution in [1.29, 1.82) is 0 Å². The first kappa shape index (κ1) is 13.5.